The van der Waals surface area contributed by atoms with Gasteiger partial charge in [0.25, 0.3) is 15.9 Å². The van der Waals surface area contributed by atoms with Crippen molar-refractivity contribution in [3.8, 4) is 5.75 Å². The van der Waals surface area contributed by atoms with E-state index in [-0.39, 0.29) is 34.8 Å². The van der Waals surface area contributed by atoms with Crippen LogP contribution in [0.2, 0.25) is 5.02 Å². The van der Waals surface area contributed by atoms with Gasteiger partial charge < -0.3 is 28.7 Å². The average molecular weight is 728 g/mol. The molecular formula is C37H46ClN3O8S. The summed E-state index contributed by atoms with van der Waals surface area (Å²) in [5, 5.41) is 0.700. The van der Waals surface area contributed by atoms with Gasteiger partial charge in [-0.2, -0.15) is 0 Å². The fourth-order valence-electron chi connectivity index (χ4n) is 8.06. The zero-order valence-corrected chi connectivity index (χ0v) is 30.4. The number of rotatable bonds is 2. The molecule has 0 radical (unpaired) electrons. The Kier molecular flexibility index (Phi) is 9.59. The minimum absolute atomic E-state index is 0.0144. The SMILES string of the molecule is CN(C(=O)O[C@H]1C=CCOC(C)(C)C(=O)NS(=O)(=O)c2ccc3c(c2)N(C[C@@H]2CC[C@H]21)C[C@@]1(CCCc2cc(Cl)ccc21)CO3)[C@H]1CCOC1. The number of hydrogen-bond donors (Lipinski definition) is 1. The van der Waals surface area contributed by atoms with Crippen molar-refractivity contribution in [2.75, 3.05) is 51.5 Å². The number of aryl methyl sites for hydroxylation is 1. The number of anilines is 1. The largest absolute Gasteiger partial charge is 0.490 e. The van der Waals surface area contributed by atoms with Crippen LogP contribution in [0, 0.1) is 11.8 Å². The number of benzene rings is 2. The molecule has 50 heavy (non-hydrogen) atoms. The quantitative estimate of drug-likeness (QED) is 0.414. The molecule has 1 saturated carbocycles. The van der Waals surface area contributed by atoms with Crippen molar-refractivity contribution in [1.82, 2.24) is 9.62 Å². The van der Waals surface area contributed by atoms with E-state index in [4.69, 9.17) is 30.5 Å². The van der Waals surface area contributed by atoms with Gasteiger partial charge in [0, 0.05) is 43.1 Å². The molecule has 11 nitrogen and oxygen atoms in total. The normalized spacial score (nSPS) is 30.2. The second-order valence-electron chi connectivity index (χ2n) is 14.9. The monoisotopic (exact) mass is 727 g/mol. The fourth-order valence-corrected chi connectivity index (χ4v) is 9.38. The Hall–Kier alpha value is -3.32. The van der Waals surface area contributed by atoms with Crippen LogP contribution < -0.4 is 14.4 Å². The molecule has 1 spiro atoms. The van der Waals surface area contributed by atoms with Gasteiger partial charge in [-0.25, -0.2) is 17.9 Å². The topological polar surface area (TPSA) is 124 Å². The summed E-state index contributed by atoms with van der Waals surface area (Å²) >= 11 is 6.44. The van der Waals surface area contributed by atoms with Crippen LogP contribution in [0.25, 0.3) is 0 Å². The van der Waals surface area contributed by atoms with E-state index in [1.165, 1.54) is 31.0 Å². The predicted molar refractivity (Wildman–Crippen MR) is 188 cm³/mol. The second-order valence-corrected chi connectivity index (χ2v) is 17.0. The number of nitrogens with zero attached hydrogens (tertiary/aromatic N) is 2. The molecule has 7 rings (SSSR count). The maximum Gasteiger partial charge on any atom is 0.410 e. The smallest absolute Gasteiger partial charge is 0.410 e. The molecule has 2 fully saturated rings. The number of sulfonamides is 1. The average Bonchev–Trinajstić information content (AvgIpc) is 3.56. The summed E-state index contributed by atoms with van der Waals surface area (Å²) in [6.07, 6.45) is 8.00. The van der Waals surface area contributed by atoms with Crippen molar-refractivity contribution in [3.05, 3.63) is 64.7 Å². The van der Waals surface area contributed by atoms with Gasteiger partial charge in [0.1, 0.15) is 17.5 Å². The van der Waals surface area contributed by atoms with Gasteiger partial charge in [-0.05, 0) is 106 Å². The predicted octanol–water partition coefficient (Wildman–Crippen LogP) is 5.24. The summed E-state index contributed by atoms with van der Waals surface area (Å²) in [6.45, 7) is 5.77. The second kappa shape index (κ2) is 13.7. The maximum atomic E-state index is 13.6. The summed E-state index contributed by atoms with van der Waals surface area (Å²) in [5.41, 5.74) is 1.24. The van der Waals surface area contributed by atoms with Gasteiger partial charge in [0.15, 0.2) is 0 Å². The van der Waals surface area contributed by atoms with Gasteiger partial charge in [-0.3, -0.25) is 4.79 Å². The van der Waals surface area contributed by atoms with Crippen molar-refractivity contribution in [2.24, 2.45) is 11.8 Å². The Bertz CT molecular complexity index is 1780. The van der Waals surface area contributed by atoms with E-state index in [0.717, 1.165) is 38.5 Å². The molecule has 2 amide bonds. The molecule has 3 heterocycles. The number of nitrogens with one attached hydrogen (secondary N) is 1. The molecule has 2 aliphatic carbocycles. The summed E-state index contributed by atoms with van der Waals surface area (Å²) in [4.78, 5) is 30.6. The molecule has 2 bridgehead atoms. The Labute approximate surface area is 299 Å². The van der Waals surface area contributed by atoms with Gasteiger partial charge >= 0.3 is 6.09 Å². The Morgan fingerprint density at radius 2 is 1.98 bits per heavy atom. The van der Waals surface area contributed by atoms with Crippen LogP contribution in [0.4, 0.5) is 10.5 Å². The molecule has 5 aliphatic rings. The highest BCUT2D eigenvalue weighted by Crippen LogP contribution is 2.47. The van der Waals surface area contributed by atoms with E-state index in [0.29, 0.717) is 49.4 Å². The molecule has 2 aromatic carbocycles. The van der Waals surface area contributed by atoms with Crippen LogP contribution in [0.1, 0.15) is 57.1 Å². The highest BCUT2D eigenvalue weighted by molar-refractivity contribution is 7.90. The van der Waals surface area contributed by atoms with Crippen molar-refractivity contribution in [1.29, 1.82) is 0 Å². The zero-order valence-electron chi connectivity index (χ0n) is 28.9. The van der Waals surface area contributed by atoms with Crippen LogP contribution in [0.5, 0.6) is 5.75 Å². The lowest BCUT2D eigenvalue weighted by atomic mass is 9.68. The molecule has 1 N–H and O–H groups in total. The van der Waals surface area contributed by atoms with Crippen molar-refractivity contribution in [2.45, 2.75) is 80.4 Å². The van der Waals surface area contributed by atoms with E-state index in [1.807, 2.05) is 18.2 Å². The molecule has 2 aromatic rings. The molecule has 0 aromatic heterocycles. The van der Waals surface area contributed by atoms with E-state index in [2.05, 4.69) is 15.7 Å². The zero-order chi connectivity index (χ0) is 35.3. The third-order valence-electron chi connectivity index (χ3n) is 11.3. The first-order valence-electron chi connectivity index (χ1n) is 17.5. The number of ether oxygens (including phenoxy) is 4. The summed E-state index contributed by atoms with van der Waals surface area (Å²) in [6, 6.07) is 10.8. The summed E-state index contributed by atoms with van der Waals surface area (Å²) < 4.78 is 53.7. The first-order chi connectivity index (χ1) is 23.8. The molecule has 0 unspecified atom stereocenters. The molecular weight excluding hydrogens is 682 g/mol. The number of hydrogen-bond acceptors (Lipinski definition) is 9. The van der Waals surface area contributed by atoms with E-state index in [1.54, 1.807) is 30.2 Å². The lowest BCUT2D eigenvalue weighted by molar-refractivity contribution is -0.139. The van der Waals surface area contributed by atoms with Crippen LogP contribution in [0.3, 0.4) is 0 Å². The van der Waals surface area contributed by atoms with Gasteiger partial charge in [0.2, 0.25) is 0 Å². The van der Waals surface area contributed by atoms with Crippen LogP contribution in [0.15, 0.2) is 53.4 Å². The fraction of sp³-hybridized carbons (Fsp3) is 0.568. The highest BCUT2D eigenvalue weighted by Gasteiger charge is 2.45. The highest BCUT2D eigenvalue weighted by atomic mass is 35.5. The number of likely N-dealkylation sites (N-methyl/N-ethyl adjacent to an activating group) is 1. The van der Waals surface area contributed by atoms with Gasteiger partial charge in [-0.15, -0.1) is 0 Å². The maximum absolute atomic E-state index is 13.6. The Balaban J connectivity index is 1.27. The Morgan fingerprint density at radius 3 is 2.74 bits per heavy atom. The van der Waals surface area contributed by atoms with Crippen molar-refractivity contribution in [3.63, 3.8) is 0 Å². The first-order valence-corrected chi connectivity index (χ1v) is 19.4. The van der Waals surface area contributed by atoms with Crippen LogP contribution >= 0.6 is 11.6 Å². The molecule has 13 heteroatoms. The van der Waals surface area contributed by atoms with E-state index < -0.39 is 33.7 Å². The third-order valence-corrected chi connectivity index (χ3v) is 12.9. The third kappa shape index (κ3) is 6.83. The lowest BCUT2D eigenvalue weighted by Crippen LogP contribution is -2.50. The molecule has 1 saturated heterocycles. The van der Waals surface area contributed by atoms with Gasteiger partial charge in [0.05, 0.1) is 36.4 Å². The van der Waals surface area contributed by atoms with Crippen molar-refractivity contribution < 1.29 is 37.0 Å². The molecule has 5 atom stereocenters. The van der Waals surface area contributed by atoms with E-state index >= 15 is 0 Å². The number of carbonyl (C=O) groups excluding carboxylic acids is 2. The molecule has 270 valence electrons. The van der Waals surface area contributed by atoms with Gasteiger partial charge in [-0.1, -0.05) is 23.7 Å². The van der Waals surface area contributed by atoms with Crippen molar-refractivity contribution >= 4 is 39.3 Å². The summed E-state index contributed by atoms with van der Waals surface area (Å²) in [5.74, 6) is -0.0586. The minimum atomic E-state index is -4.24. The molecule has 3 aliphatic heterocycles. The number of amides is 2. The minimum Gasteiger partial charge on any atom is -0.490 e. The van der Waals surface area contributed by atoms with Crippen LogP contribution in [-0.4, -0.2) is 89.6 Å². The van der Waals surface area contributed by atoms with E-state index in [9.17, 15) is 18.0 Å². The lowest BCUT2D eigenvalue weighted by Gasteiger charge is -2.46. The summed E-state index contributed by atoms with van der Waals surface area (Å²) in [7, 11) is -2.50. The number of fused-ring (bicyclic) bond motifs is 4. The first kappa shape index (κ1) is 35.1. The Morgan fingerprint density at radius 1 is 1.14 bits per heavy atom. The number of carbonyl (C=O) groups is 2. The standard InChI is InChI=1S/C37H46ClN3O8S/c1-36(2)34(42)39-50(44,45)28-10-13-33-31(19-28)41(22-37(23-47-33)15-4-6-24-18-26(38)9-12-30(24)37)20-25-8-11-29(25)32(7-5-16-48-36)49-35(43)40(3)27-14-17-46-21-27/h5,7,9-10,12-13,18-19,25,27,29,32H,4,6,8,11,14-17,20-23H2,1-3H3,(H,39,42)/t25-,27-,29+,32-,37-/m0/s1. The number of halogens is 1. The van der Waals surface area contributed by atoms with Crippen LogP contribution in [-0.2, 0) is 40.9 Å².